The number of nitrogens with zero attached hydrogens (tertiary/aromatic N) is 1. The molecular weight excluding hydrogens is 414 g/mol. The van der Waals surface area contributed by atoms with E-state index in [0.29, 0.717) is 19.4 Å². The lowest BCUT2D eigenvalue weighted by Crippen LogP contribution is -2.73. The average molecular weight is 448 g/mol. The highest BCUT2D eigenvalue weighted by Gasteiger charge is 2.51. The van der Waals surface area contributed by atoms with Crippen molar-refractivity contribution in [2.75, 3.05) is 6.61 Å². The number of rotatable bonds is 5. The number of ether oxygens (including phenoxy) is 1. The van der Waals surface area contributed by atoms with Crippen molar-refractivity contribution >= 4 is 23.8 Å². The van der Waals surface area contributed by atoms with Crippen LogP contribution in [0.25, 0.3) is 0 Å². The molecule has 0 amide bonds. The van der Waals surface area contributed by atoms with Crippen LogP contribution in [0.5, 0.6) is 0 Å². The minimum Gasteiger partial charge on any atom is -0.393 e. The van der Waals surface area contributed by atoms with E-state index in [1.54, 1.807) is 0 Å². The number of aliphatic hydroxyl groups excluding tert-OH is 2. The lowest BCUT2D eigenvalue weighted by Gasteiger charge is -2.44. The maximum absolute atomic E-state index is 10.5. The van der Waals surface area contributed by atoms with Gasteiger partial charge in [-0.1, -0.05) is 81.4 Å². The van der Waals surface area contributed by atoms with Gasteiger partial charge in [0.25, 0.3) is 0 Å². The molecule has 0 radical (unpaired) electrons. The Hall–Kier alpha value is -2.31. The summed E-state index contributed by atoms with van der Waals surface area (Å²) in [6, 6.07) is 23.4. The van der Waals surface area contributed by atoms with E-state index >= 15 is 0 Å². The molecule has 1 saturated heterocycles. The molecule has 1 aromatic heterocycles. The third-order valence-electron chi connectivity index (χ3n) is 6.68. The number of hydrogen-bond donors (Lipinski definition) is 2. The summed E-state index contributed by atoms with van der Waals surface area (Å²) >= 11 is 0. The second-order valence-corrected chi connectivity index (χ2v) is 14.3. The van der Waals surface area contributed by atoms with E-state index in [4.69, 9.17) is 9.72 Å². The van der Waals surface area contributed by atoms with Crippen molar-refractivity contribution in [3.63, 3.8) is 0 Å². The van der Waals surface area contributed by atoms with Crippen molar-refractivity contribution in [1.82, 2.24) is 4.98 Å². The highest BCUT2D eigenvalue weighted by molar-refractivity contribution is 7.13. The smallest absolute Gasteiger partial charge is 0.177 e. The van der Waals surface area contributed by atoms with Gasteiger partial charge in [-0.3, -0.25) is 4.98 Å². The first-order valence-electron chi connectivity index (χ1n) is 11.4. The Morgan fingerprint density at radius 2 is 1.59 bits per heavy atom. The van der Waals surface area contributed by atoms with E-state index in [9.17, 15) is 10.2 Å². The first kappa shape index (κ1) is 22.9. The van der Waals surface area contributed by atoms with Gasteiger partial charge in [-0.05, 0) is 39.0 Å². The van der Waals surface area contributed by atoms with Crippen LogP contribution < -0.4 is 15.7 Å². The highest BCUT2D eigenvalue weighted by Crippen LogP contribution is 2.36. The molecule has 2 aromatic carbocycles. The van der Waals surface area contributed by atoms with Crippen LogP contribution in [-0.4, -0.2) is 36.0 Å². The van der Waals surface area contributed by atoms with Crippen molar-refractivity contribution in [3.8, 4) is 0 Å². The second-order valence-electron chi connectivity index (χ2n) is 9.70. The molecule has 2 unspecified atom stereocenters. The normalized spacial score (nSPS) is 19.7. The van der Waals surface area contributed by atoms with E-state index in [1.165, 1.54) is 10.4 Å². The van der Waals surface area contributed by atoms with Crippen LogP contribution in [0.3, 0.4) is 0 Å². The van der Waals surface area contributed by atoms with Crippen molar-refractivity contribution in [1.29, 1.82) is 0 Å². The van der Waals surface area contributed by atoms with Crippen LogP contribution >= 0.6 is 0 Å². The largest absolute Gasteiger partial charge is 0.393 e. The molecule has 32 heavy (non-hydrogen) atoms. The summed E-state index contributed by atoms with van der Waals surface area (Å²) in [5, 5.41) is 24.1. The van der Waals surface area contributed by atoms with Crippen LogP contribution in [0.1, 0.15) is 50.8 Å². The Bertz CT molecular complexity index is 994. The summed E-state index contributed by atoms with van der Waals surface area (Å²) in [6.45, 7) is 7.32. The van der Waals surface area contributed by atoms with Crippen LogP contribution in [0.2, 0.25) is 5.04 Å². The second kappa shape index (κ2) is 9.28. The molecule has 1 fully saturated rings. The highest BCUT2D eigenvalue weighted by atomic mass is 28.3. The summed E-state index contributed by atoms with van der Waals surface area (Å²) in [5.41, 5.74) is 1.77. The number of pyridine rings is 1. The molecule has 1 aliphatic heterocycles. The molecule has 2 atom stereocenters. The zero-order valence-corrected chi connectivity index (χ0v) is 20.2. The molecule has 0 spiro atoms. The van der Waals surface area contributed by atoms with Gasteiger partial charge in [0.15, 0.2) is 8.07 Å². The molecule has 1 aliphatic rings. The number of aromatic nitrogens is 1. The van der Waals surface area contributed by atoms with E-state index in [0.717, 1.165) is 16.4 Å². The predicted octanol–water partition coefficient (Wildman–Crippen LogP) is 3.06. The molecule has 0 saturated carbocycles. The summed E-state index contributed by atoms with van der Waals surface area (Å²) in [4.78, 5) is 5.08. The molecule has 168 valence electrons. The Balaban J connectivity index is 1.96. The SMILES string of the molecule is CC(C)(C)[Si](c1ccccc1)(c1ccccc1)c1ncc(C2CC(O)CCO2)cc1CO. The van der Waals surface area contributed by atoms with E-state index in [1.807, 2.05) is 24.4 Å². The molecule has 2 heterocycles. The third kappa shape index (κ3) is 4.06. The fourth-order valence-electron chi connectivity index (χ4n) is 5.21. The van der Waals surface area contributed by atoms with Gasteiger partial charge in [-0.25, -0.2) is 0 Å². The Kier molecular flexibility index (Phi) is 6.63. The predicted molar refractivity (Wildman–Crippen MR) is 131 cm³/mol. The van der Waals surface area contributed by atoms with E-state index in [-0.39, 0.29) is 23.9 Å². The topological polar surface area (TPSA) is 62.6 Å². The fraction of sp³-hybridized carbons (Fsp3) is 0.370. The van der Waals surface area contributed by atoms with Crippen LogP contribution in [0.15, 0.2) is 72.9 Å². The molecule has 5 heteroatoms. The Morgan fingerprint density at radius 1 is 1.00 bits per heavy atom. The van der Waals surface area contributed by atoms with Gasteiger partial charge in [0.2, 0.25) is 0 Å². The van der Waals surface area contributed by atoms with Crippen LogP contribution in [0, 0.1) is 0 Å². The lowest BCUT2D eigenvalue weighted by atomic mass is 10.00. The third-order valence-corrected chi connectivity index (χ3v) is 12.5. The van der Waals surface area contributed by atoms with Crippen LogP contribution in [0.4, 0.5) is 0 Å². The Labute approximate surface area is 191 Å². The molecule has 0 aliphatic carbocycles. The monoisotopic (exact) mass is 447 g/mol. The zero-order chi connectivity index (χ0) is 22.8. The van der Waals surface area contributed by atoms with Gasteiger partial charge >= 0.3 is 0 Å². The maximum atomic E-state index is 10.5. The van der Waals surface area contributed by atoms with Crippen molar-refractivity contribution < 1.29 is 14.9 Å². The molecule has 4 rings (SSSR count). The Morgan fingerprint density at radius 3 is 2.09 bits per heavy atom. The number of hydrogen-bond acceptors (Lipinski definition) is 4. The standard InChI is InChI=1S/C27H33NO3Si/c1-27(2,3)32(23-10-6-4-7-11-23,24-12-8-5-9-13-24)26-21(19-29)16-20(18-28-26)25-17-22(30)14-15-31-25/h4-13,16,18,22,25,29-30H,14-15,17,19H2,1-3H3. The van der Waals surface area contributed by atoms with E-state index in [2.05, 4.69) is 69.3 Å². The molecular formula is C27H33NO3Si. The van der Waals surface area contributed by atoms with E-state index < -0.39 is 8.07 Å². The van der Waals surface area contributed by atoms with Gasteiger partial charge in [-0.15, -0.1) is 0 Å². The lowest BCUT2D eigenvalue weighted by molar-refractivity contribution is -0.0449. The summed E-state index contributed by atoms with van der Waals surface area (Å²) in [6.07, 6.45) is 2.57. The summed E-state index contributed by atoms with van der Waals surface area (Å²) in [7, 11) is -2.64. The van der Waals surface area contributed by atoms with Gasteiger partial charge in [0.05, 0.1) is 18.8 Å². The quantitative estimate of drug-likeness (QED) is 0.590. The summed E-state index contributed by atoms with van der Waals surface area (Å²) < 4.78 is 5.93. The summed E-state index contributed by atoms with van der Waals surface area (Å²) in [5.74, 6) is 0. The van der Waals surface area contributed by atoms with Gasteiger partial charge < -0.3 is 14.9 Å². The minimum atomic E-state index is -2.64. The fourth-order valence-corrected chi connectivity index (χ4v) is 10.8. The maximum Gasteiger partial charge on any atom is 0.177 e. The van der Waals surface area contributed by atoms with Crippen LogP contribution in [-0.2, 0) is 11.3 Å². The van der Waals surface area contributed by atoms with Crippen molar-refractivity contribution in [3.05, 3.63) is 84.1 Å². The molecule has 2 N–H and O–H groups in total. The average Bonchev–Trinajstić information content (AvgIpc) is 2.80. The number of aliphatic hydroxyl groups is 2. The first-order chi connectivity index (χ1) is 15.4. The minimum absolute atomic E-state index is 0.0874. The zero-order valence-electron chi connectivity index (χ0n) is 19.2. The molecule has 0 bridgehead atoms. The van der Waals surface area contributed by atoms with Gasteiger partial charge in [0, 0.05) is 24.5 Å². The van der Waals surface area contributed by atoms with Gasteiger partial charge in [0.1, 0.15) is 0 Å². The first-order valence-corrected chi connectivity index (χ1v) is 13.4. The van der Waals surface area contributed by atoms with Crippen molar-refractivity contribution in [2.24, 2.45) is 0 Å². The number of benzene rings is 2. The van der Waals surface area contributed by atoms with Crippen molar-refractivity contribution in [2.45, 2.75) is 57.5 Å². The molecule has 3 aromatic rings. The molecule has 4 nitrogen and oxygen atoms in total. The van der Waals surface area contributed by atoms with Gasteiger partial charge in [-0.2, -0.15) is 0 Å².